The quantitative estimate of drug-likeness (QED) is 0.771. The van der Waals surface area contributed by atoms with E-state index in [-0.39, 0.29) is 6.04 Å². The van der Waals surface area contributed by atoms with E-state index < -0.39 is 0 Å². The van der Waals surface area contributed by atoms with Gasteiger partial charge in [0, 0.05) is 5.75 Å². The Balaban J connectivity index is 2.31. The molecule has 1 heterocycles. The van der Waals surface area contributed by atoms with Gasteiger partial charge in [0.05, 0.1) is 6.07 Å². The highest BCUT2D eigenvalue weighted by Gasteiger charge is 2.08. The first-order valence-corrected chi connectivity index (χ1v) is 6.62. The van der Waals surface area contributed by atoms with Crippen LogP contribution in [-0.2, 0) is 0 Å². The van der Waals surface area contributed by atoms with Crippen molar-refractivity contribution in [2.45, 2.75) is 30.6 Å². The summed E-state index contributed by atoms with van der Waals surface area (Å²) >= 11 is 3.15. The predicted molar refractivity (Wildman–Crippen MR) is 63.1 cm³/mol. The van der Waals surface area contributed by atoms with Gasteiger partial charge in [0.25, 0.3) is 0 Å². The molecule has 0 radical (unpaired) electrons. The van der Waals surface area contributed by atoms with Gasteiger partial charge in [-0.2, -0.15) is 5.26 Å². The summed E-state index contributed by atoms with van der Waals surface area (Å²) in [5.41, 5.74) is 0. The first-order chi connectivity index (χ1) is 7.26. The number of nitrogens with one attached hydrogen (secondary N) is 1. The van der Waals surface area contributed by atoms with E-state index in [9.17, 15) is 0 Å². The van der Waals surface area contributed by atoms with Crippen LogP contribution in [0.15, 0.2) is 4.34 Å². The van der Waals surface area contributed by atoms with Crippen LogP contribution >= 0.6 is 23.1 Å². The Kier molecular flexibility index (Phi) is 5.61. The minimum atomic E-state index is -0.0980. The van der Waals surface area contributed by atoms with Crippen molar-refractivity contribution in [3.8, 4) is 6.07 Å². The van der Waals surface area contributed by atoms with Crippen molar-refractivity contribution in [2.24, 2.45) is 0 Å². The van der Waals surface area contributed by atoms with Gasteiger partial charge in [-0.25, -0.2) is 0 Å². The number of nitriles is 1. The van der Waals surface area contributed by atoms with E-state index in [1.54, 1.807) is 23.1 Å². The fourth-order valence-electron chi connectivity index (χ4n) is 0.952. The standard InChI is InChI=1S/C9H14N4S2/c1-3-4-11-8(5-10)6-14-9-13-12-7(2)15-9/h8,11H,3-4,6H2,1-2H3. The van der Waals surface area contributed by atoms with Gasteiger partial charge in [-0.15, -0.1) is 10.2 Å². The highest BCUT2D eigenvalue weighted by Crippen LogP contribution is 2.22. The average molecular weight is 242 g/mol. The lowest BCUT2D eigenvalue weighted by molar-refractivity contribution is 0.637. The molecule has 4 nitrogen and oxygen atoms in total. The average Bonchev–Trinajstić information content (AvgIpc) is 2.65. The molecule has 0 saturated heterocycles. The maximum absolute atomic E-state index is 8.88. The summed E-state index contributed by atoms with van der Waals surface area (Å²) in [5.74, 6) is 0.727. The van der Waals surface area contributed by atoms with Crippen LogP contribution in [0.3, 0.4) is 0 Å². The molecule has 0 aliphatic carbocycles. The fraction of sp³-hybridized carbons (Fsp3) is 0.667. The van der Waals surface area contributed by atoms with Crippen molar-refractivity contribution in [1.29, 1.82) is 5.26 Å². The molecule has 0 amide bonds. The van der Waals surface area contributed by atoms with Crippen LogP contribution in [0.25, 0.3) is 0 Å². The molecule has 6 heteroatoms. The Labute approximate surface area is 98.1 Å². The van der Waals surface area contributed by atoms with E-state index in [0.29, 0.717) is 0 Å². The SMILES string of the molecule is CCCNC(C#N)CSc1nnc(C)s1. The van der Waals surface area contributed by atoms with E-state index in [2.05, 4.69) is 28.5 Å². The molecule has 82 valence electrons. The van der Waals surface area contributed by atoms with E-state index >= 15 is 0 Å². The van der Waals surface area contributed by atoms with Gasteiger partial charge in [-0.3, -0.25) is 0 Å². The molecule has 1 unspecified atom stereocenters. The topological polar surface area (TPSA) is 61.6 Å². The molecule has 1 aromatic rings. The molecule has 15 heavy (non-hydrogen) atoms. The third-order valence-corrected chi connectivity index (χ3v) is 3.74. The molecular weight excluding hydrogens is 228 g/mol. The molecule has 0 saturated carbocycles. The molecule has 0 bridgehead atoms. The van der Waals surface area contributed by atoms with E-state index in [1.165, 1.54) is 0 Å². The number of aromatic nitrogens is 2. The number of thioether (sulfide) groups is 1. The number of rotatable bonds is 6. The second-order valence-corrected chi connectivity index (χ2v) is 5.48. The summed E-state index contributed by atoms with van der Waals surface area (Å²) in [6.07, 6.45) is 1.04. The highest BCUT2D eigenvalue weighted by molar-refractivity contribution is 8.01. The van der Waals surface area contributed by atoms with Crippen molar-refractivity contribution in [3.05, 3.63) is 5.01 Å². The molecule has 1 aromatic heterocycles. The largest absolute Gasteiger partial charge is 0.301 e. The Bertz CT molecular complexity index is 331. The van der Waals surface area contributed by atoms with Gasteiger partial charge in [0.1, 0.15) is 11.0 Å². The summed E-state index contributed by atoms with van der Waals surface area (Å²) in [6, 6.07) is 2.14. The van der Waals surface area contributed by atoms with Crippen LogP contribution in [-0.4, -0.2) is 28.5 Å². The van der Waals surface area contributed by atoms with Gasteiger partial charge in [-0.1, -0.05) is 30.0 Å². The Morgan fingerprint density at radius 2 is 2.40 bits per heavy atom. The lowest BCUT2D eigenvalue weighted by atomic mass is 10.3. The lowest BCUT2D eigenvalue weighted by Gasteiger charge is -2.08. The predicted octanol–water partition coefficient (Wildman–Crippen LogP) is 1.83. The smallest absolute Gasteiger partial charge is 0.174 e. The van der Waals surface area contributed by atoms with Gasteiger partial charge < -0.3 is 5.32 Å². The first-order valence-electron chi connectivity index (χ1n) is 4.82. The van der Waals surface area contributed by atoms with Crippen molar-refractivity contribution in [2.75, 3.05) is 12.3 Å². The maximum atomic E-state index is 8.88. The summed E-state index contributed by atoms with van der Waals surface area (Å²) in [6.45, 7) is 4.90. The van der Waals surface area contributed by atoms with E-state index in [1.807, 2.05) is 6.92 Å². The van der Waals surface area contributed by atoms with Crippen LogP contribution in [0.2, 0.25) is 0 Å². The van der Waals surface area contributed by atoms with Crippen LogP contribution in [0.1, 0.15) is 18.4 Å². The van der Waals surface area contributed by atoms with Crippen molar-refractivity contribution >= 4 is 23.1 Å². The zero-order valence-electron chi connectivity index (χ0n) is 8.86. The van der Waals surface area contributed by atoms with Gasteiger partial charge in [0.2, 0.25) is 0 Å². The number of hydrogen-bond acceptors (Lipinski definition) is 6. The molecule has 1 N–H and O–H groups in total. The molecule has 1 rings (SSSR count). The highest BCUT2D eigenvalue weighted by atomic mass is 32.2. The zero-order valence-corrected chi connectivity index (χ0v) is 10.5. The Morgan fingerprint density at radius 3 is 2.93 bits per heavy atom. The Morgan fingerprint density at radius 1 is 1.60 bits per heavy atom. The summed E-state index contributed by atoms with van der Waals surface area (Å²) < 4.78 is 0.936. The monoisotopic (exact) mass is 242 g/mol. The molecule has 0 aliphatic heterocycles. The fourth-order valence-corrected chi connectivity index (χ4v) is 2.77. The van der Waals surface area contributed by atoms with Crippen LogP contribution < -0.4 is 5.32 Å². The Hall–Kier alpha value is -0.640. The van der Waals surface area contributed by atoms with Crippen LogP contribution in [0, 0.1) is 18.3 Å². The van der Waals surface area contributed by atoms with Crippen molar-refractivity contribution in [3.63, 3.8) is 0 Å². The summed E-state index contributed by atoms with van der Waals surface area (Å²) in [7, 11) is 0. The third kappa shape index (κ3) is 4.60. The second kappa shape index (κ2) is 6.77. The van der Waals surface area contributed by atoms with E-state index in [4.69, 9.17) is 5.26 Å². The molecular formula is C9H14N4S2. The second-order valence-electron chi connectivity index (χ2n) is 3.03. The summed E-state index contributed by atoms with van der Waals surface area (Å²) in [5, 5.41) is 20.9. The van der Waals surface area contributed by atoms with Crippen molar-refractivity contribution in [1.82, 2.24) is 15.5 Å². The third-order valence-electron chi connectivity index (χ3n) is 1.68. The maximum Gasteiger partial charge on any atom is 0.174 e. The van der Waals surface area contributed by atoms with Gasteiger partial charge in [0.15, 0.2) is 4.34 Å². The summed E-state index contributed by atoms with van der Waals surface area (Å²) in [4.78, 5) is 0. The molecule has 0 spiro atoms. The molecule has 1 atom stereocenters. The lowest BCUT2D eigenvalue weighted by Crippen LogP contribution is -2.30. The molecule has 0 aromatic carbocycles. The molecule has 0 aliphatic rings. The molecule has 0 fully saturated rings. The normalized spacial score (nSPS) is 12.3. The minimum absolute atomic E-state index is 0.0980. The van der Waals surface area contributed by atoms with Gasteiger partial charge >= 0.3 is 0 Å². The number of nitrogens with zero attached hydrogens (tertiary/aromatic N) is 3. The first kappa shape index (κ1) is 12.4. The van der Waals surface area contributed by atoms with Gasteiger partial charge in [-0.05, 0) is 19.9 Å². The zero-order chi connectivity index (χ0) is 11.1. The number of aryl methyl sites for hydroxylation is 1. The van der Waals surface area contributed by atoms with Crippen LogP contribution in [0.5, 0.6) is 0 Å². The number of hydrogen-bond donors (Lipinski definition) is 1. The van der Waals surface area contributed by atoms with Crippen molar-refractivity contribution < 1.29 is 0 Å². The van der Waals surface area contributed by atoms with E-state index in [0.717, 1.165) is 28.1 Å². The van der Waals surface area contributed by atoms with Crippen LogP contribution in [0.4, 0.5) is 0 Å². The minimum Gasteiger partial charge on any atom is -0.301 e.